The summed E-state index contributed by atoms with van der Waals surface area (Å²) in [5, 5.41) is 2.68. The number of esters is 1. The smallest absolute Gasteiger partial charge is 0.337 e. The fourth-order valence-electron chi connectivity index (χ4n) is 6.68. The first-order valence-electron chi connectivity index (χ1n) is 13.6. The number of hydrogen-bond donors (Lipinski definition) is 0. The summed E-state index contributed by atoms with van der Waals surface area (Å²) in [6, 6.07) is 13.1. The van der Waals surface area contributed by atoms with Gasteiger partial charge in [-0.3, -0.25) is 0 Å². The lowest BCUT2D eigenvalue weighted by atomic mass is 9.81. The highest BCUT2D eigenvalue weighted by Crippen LogP contribution is 2.47. The predicted molar refractivity (Wildman–Crippen MR) is 147 cm³/mol. The Kier molecular flexibility index (Phi) is 6.12. The van der Waals surface area contributed by atoms with E-state index in [9.17, 15) is 4.79 Å². The second-order valence-corrected chi connectivity index (χ2v) is 10.7. The summed E-state index contributed by atoms with van der Waals surface area (Å²) in [6.07, 6.45) is 9.88. The first-order valence-corrected chi connectivity index (χ1v) is 13.6. The summed E-state index contributed by atoms with van der Waals surface area (Å²) in [5.74, 6) is 0.295. The number of methoxy groups -OCH3 is 1. The molecule has 2 aromatic heterocycles. The molecule has 0 saturated heterocycles. The molecule has 1 saturated carbocycles. The molecule has 5 nitrogen and oxygen atoms in total. The molecule has 36 heavy (non-hydrogen) atoms. The number of fused-ring (bicyclic) bond motifs is 4. The molecule has 0 N–H and O–H groups in total. The van der Waals surface area contributed by atoms with Gasteiger partial charge in [0, 0.05) is 47.7 Å². The summed E-state index contributed by atoms with van der Waals surface area (Å²) >= 11 is 0. The van der Waals surface area contributed by atoms with Gasteiger partial charge in [-0.1, -0.05) is 50.5 Å². The van der Waals surface area contributed by atoms with E-state index in [-0.39, 0.29) is 5.97 Å². The van der Waals surface area contributed by atoms with Crippen LogP contribution in [0.1, 0.15) is 72.9 Å². The van der Waals surface area contributed by atoms with Crippen molar-refractivity contribution < 1.29 is 9.53 Å². The van der Waals surface area contributed by atoms with Gasteiger partial charge in [0.1, 0.15) is 0 Å². The van der Waals surface area contributed by atoms with Crippen LogP contribution in [0, 0.1) is 0 Å². The molecule has 2 aliphatic rings. The Morgan fingerprint density at radius 2 is 1.89 bits per heavy atom. The molecule has 6 rings (SSSR count). The molecule has 0 amide bonds. The van der Waals surface area contributed by atoms with Gasteiger partial charge in [0.15, 0.2) is 0 Å². The number of para-hydroxylation sites is 1. The molecule has 188 valence electrons. The standard InChI is InChI=1S/C31H37N3O2/c1-4-32(2)19-23-20-33-16-9-17-34-27-18-22(31(35)36-3)14-15-25(27)28(21-10-6-5-7-11-21)30(34)26-13-8-12-24(23)29(26)33/h8,12-15,18,20-21H,4-7,9-11,16-17,19H2,1-3H3. The molecule has 0 radical (unpaired) electrons. The highest BCUT2D eigenvalue weighted by atomic mass is 16.5. The molecule has 1 aliphatic carbocycles. The number of carbonyl (C=O) groups excluding carboxylic acids is 1. The topological polar surface area (TPSA) is 39.4 Å². The average Bonchev–Trinajstić information content (AvgIpc) is 3.42. The van der Waals surface area contributed by atoms with Crippen molar-refractivity contribution in [1.82, 2.24) is 14.0 Å². The van der Waals surface area contributed by atoms with Crippen molar-refractivity contribution in [3.05, 3.63) is 59.3 Å². The van der Waals surface area contributed by atoms with Crippen LogP contribution in [0.5, 0.6) is 0 Å². The fraction of sp³-hybridized carbons (Fsp3) is 0.452. The number of nitrogens with zero attached hydrogens (tertiary/aromatic N) is 3. The number of benzene rings is 2. The average molecular weight is 484 g/mol. The first-order chi connectivity index (χ1) is 17.6. The van der Waals surface area contributed by atoms with E-state index in [2.05, 4.69) is 64.5 Å². The Hall–Kier alpha value is -3.05. The number of rotatable bonds is 5. The Labute approximate surface area is 213 Å². The zero-order valence-electron chi connectivity index (χ0n) is 21.8. The molecule has 2 aromatic carbocycles. The minimum atomic E-state index is -0.266. The SMILES string of the molecule is CCN(C)Cc1cn2c3c(cccc13)-c1c(C3CCCCC3)c3ccc(C(=O)OC)cc3n1CCC2. The summed E-state index contributed by atoms with van der Waals surface area (Å²) in [4.78, 5) is 14.8. The van der Waals surface area contributed by atoms with Gasteiger partial charge >= 0.3 is 5.97 Å². The van der Waals surface area contributed by atoms with Crippen LogP contribution in [0.4, 0.5) is 0 Å². The highest BCUT2D eigenvalue weighted by molar-refractivity contribution is 6.03. The minimum Gasteiger partial charge on any atom is -0.465 e. The maximum Gasteiger partial charge on any atom is 0.337 e. The number of aromatic nitrogens is 2. The van der Waals surface area contributed by atoms with E-state index < -0.39 is 0 Å². The van der Waals surface area contributed by atoms with Gasteiger partial charge in [0.25, 0.3) is 0 Å². The summed E-state index contributed by atoms with van der Waals surface area (Å²) < 4.78 is 10.1. The van der Waals surface area contributed by atoms with Crippen molar-refractivity contribution in [2.24, 2.45) is 0 Å². The number of ether oxygens (including phenoxy) is 1. The Bertz CT molecular complexity index is 1440. The maximum atomic E-state index is 12.5. The van der Waals surface area contributed by atoms with Crippen LogP contribution in [0.2, 0.25) is 0 Å². The zero-order valence-corrected chi connectivity index (χ0v) is 21.8. The molecule has 4 aromatic rings. The van der Waals surface area contributed by atoms with Gasteiger partial charge in [-0.25, -0.2) is 4.79 Å². The van der Waals surface area contributed by atoms with Crippen molar-refractivity contribution in [2.45, 2.75) is 71.0 Å². The molecule has 3 heterocycles. The van der Waals surface area contributed by atoms with Crippen molar-refractivity contribution in [3.63, 3.8) is 0 Å². The van der Waals surface area contributed by atoms with Gasteiger partial charge in [-0.15, -0.1) is 0 Å². The zero-order chi connectivity index (χ0) is 24.8. The number of carbonyl (C=O) groups is 1. The molecule has 1 aliphatic heterocycles. The summed E-state index contributed by atoms with van der Waals surface area (Å²) in [5.41, 5.74) is 8.80. The summed E-state index contributed by atoms with van der Waals surface area (Å²) in [7, 11) is 3.66. The quantitative estimate of drug-likeness (QED) is 0.288. The van der Waals surface area contributed by atoms with Crippen molar-refractivity contribution >= 4 is 27.8 Å². The summed E-state index contributed by atoms with van der Waals surface area (Å²) in [6.45, 7) is 6.16. The maximum absolute atomic E-state index is 12.5. The molecule has 5 heteroatoms. The lowest BCUT2D eigenvalue weighted by Crippen LogP contribution is -2.16. The van der Waals surface area contributed by atoms with Gasteiger partial charge in [-0.2, -0.15) is 0 Å². The second-order valence-electron chi connectivity index (χ2n) is 10.7. The first kappa shape index (κ1) is 23.4. The van der Waals surface area contributed by atoms with E-state index >= 15 is 0 Å². The van der Waals surface area contributed by atoms with E-state index in [1.54, 1.807) is 0 Å². The van der Waals surface area contributed by atoms with Crippen LogP contribution in [0.3, 0.4) is 0 Å². The van der Waals surface area contributed by atoms with Gasteiger partial charge < -0.3 is 18.8 Å². The Morgan fingerprint density at radius 1 is 1.06 bits per heavy atom. The van der Waals surface area contributed by atoms with E-state index in [1.807, 2.05) is 6.07 Å². The Balaban J connectivity index is 1.65. The van der Waals surface area contributed by atoms with Crippen LogP contribution < -0.4 is 0 Å². The van der Waals surface area contributed by atoms with Crippen molar-refractivity contribution in [1.29, 1.82) is 0 Å². The third kappa shape index (κ3) is 3.76. The van der Waals surface area contributed by atoms with Crippen molar-refractivity contribution in [2.75, 3.05) is 20.7 Å². The molecule has 0 atom stereocenters. The van der Waals surface area contributed by atoms with Gasteiger partial charge in [-0.05, 0) is 62.0 Å². The van der Waals surface area contributed by atoms with Gasteiger partial charge in [0.2, 0.25) is 0 Å². The van der Waals surface area contributed by atoms with Gasteiger partial charge in [0.05, 0.1) is 23.9 Å². The third-order valence-corrected chi connectivity index (χ3v) is 8.54. The molecule has 0 unspecified atom stereocenters. The lowest BCUT2D eigenvalue weighted by molar-refractivity contribution is 0.0601. The van der Waals surface area contributed by atoms with E-state index in [1.165, 1.54) is 83.4 Å². The van der Waals surface area contributed by atoms with Crippen LogP contribution >= 0.6 is 0 Å². The highest BCUT2D eigenvalue weighted by Gasteiger charge is 2.29. The van der Waals surface area contributed by atoms with Crippen LogP contribution in [-0.2, 0) is 24.4 Å². The third-order valence-electron chi connectivity index (χ3n) is 8.54. The fourth-order valence-corrected chi connectivity index (χ4v) is 6.68. The number of aryl methyl sites for hydroxylation is 2. The normalized spacial score (nSPS) is 16.3. The predicted octanol–water partition coefficient (Wildman–Crippen LogP) is 6.95. The molecule has 1 fully saturated rings. The van der Waals surface area contributed by atoms with Crippen LogP contribution in [0.25, 0.3) is 33.1 Å². The monoisotopic (exact) mass is 483 g/mol. The van der Waals surface area contributed by atoms with Crippen LogP contribution in [-0.4, -0.2) is 40.7 Å². The van der Waals surface area contributed by atoms with Crippen molar-refractivity contribution in [3.8, 4) is 11.3 Å². The van der Waals surface area contributed by atoms with E-state index in [0.29, 0.717) is 11.5 Å². The second kappa shape index (κ2) is 9.44. The molecular formula is C31H37N3O2. The number of hydrogen-bond acceptors (Lipinski definition) is 3. The Morgan fingerprint density at radius 3 is 2.67 bits per heavy atom. The molecule has 0 bridgehead atoms. The lowest BCUT2D eigenvalue weighted by Gasteiger charge is -2.25. The molecule has 0 spiro atoms. The largest absolute Gasteiger partial charge is 0.465 e. The minimum absolute atomic E-state index is 0.266. The van der Waals surface area contributed by atoms with Crippen LogP contribution in [0.15, 0.2) is 42.6 Å². The van der Waals surface area contributed by atoms with E-state index in [0.717, 1.165) is 32.6 Å². The molecular weight excluding hydrogens is 446 g/mol. The van der Waals surface area contributed by atoms with E-state index in [4.69, 9.17) is 4.74 Å².